The summed E-state index contributed by atoms with van der Waals surface area (Å²) in [6, 6.07) is 7.49. The summed E-state index contributed by atoms with van der Waals surface area (Å²) in [4.78, 5) is 0. The maximum absolute atomic E-state index is 8.74. The van der Waals surface area contributed by atoms with Crippen LogP contribution >= 0.6 is 11.6 Å². The first kappa shape index (κ1) is 8.05. The lowest BCUT2D eigenvalue weighted by molar-refractivity contribution is 0.242. The van der Waals surface area contributed by atoms with Crippen molar-refractivity contribution in [2.24, 2.45) is 0 Å². The molecule has 1 aromatic carbocycles. The zero-order chi connectivity index (χ0) is 8.55. The molecule has 1 fully saturated rings. The van der Waals surface area contributed by atoms with Gasteiger partial charge in [-0.2, -0.15) is 0 Å². The summed E-state index contributed by atoms with van der Waals surface area (Å²) in [5, 5.41) is 9.46. The molecular formula is C9H9ClO2. The predicted molar refractivity (Wildman–Crippen MR) is 46.2 cm³/mol. The highest BCUT2D eigenvalue weighted by molar-refractivity contribution is 6.30. The van der Waals surface area contributed by atoms with Gasteiger partial charge in [0.05, 0.1) is 6.61 Å². The summed E-state index contributed by atoms with van der Waals surface area (Å²) in [6.07, 6.45) is 0.0680. The molecular weight excluding hydrogens is 176 g/mol. The molecule has 1 saturated heterocycles. The summed E-state index contributed by atoms with van der Waals surface area (Å²) in [7, 11) is 0. The molecule has 2 atom stereocenters. The molecule has 0 spiro atoms. The molecule has 1 aliphatic heterocycles. The van der Waals surface area contributed by atoms with Crippen LogP contribution < -0.4 is 0 Å². The van der Waals surface area contributed by atoms with Crippen molar-refractivity contribution in [3.63, 3.8) is 0 Å². The Bertz CT molecular complexity index is 270. The van der Waals surface area contributed by atoms with E-state index in [1.54, 1.807) is 0 Å². The first-order chi connectivity index (χ1) is 5.81. The average molecular weight is 185 g/mol. The molecule has 0 radical (unpaired) electrons. The van der Waals surface area contributed by atoms with Crippen LogP contribution in [0.25, 0.3) is 0 Å². The van der Waals surface area contributed by atoms with Gasteiger partial charge in [-0.15, -0.1) is 0 Å². The van der Waals surface area contributed by atoms with Crippen LogP contribution in [0.1, 0.15) is 11.7 Å². The fourth-order valence-electron chi connectivity index (χ4n) is 1.23. The molecule has 1 aliphatic rings. The maximum Gasteiger partial charge on any atom is 0.112 e. The van der Waals surface area contributed by atoms with E-state index in [0.717, 1.165) is 10.6 Å². The molecule has 0 saturated carbocycles. The lowest BCUT2D eigenvalue weighted by atomic mass is 10.1. The Hall–Kier alpha value is -0.570. The van der Waals surface area contributed by atoms with Crippen molar-refractivity contribution >= 4 is 11.6 Å². The van der Waals surface area contributed by atoms with Gasteiger partial charge in [-0.3, -0.25) is 0 Å². The van der Waals surface area contributed by atoms with E-state index in [1.165, 1.54) is 0 Å². The standard InChI is InChI=1S/C9H9ClO2/c10-7-3-1-6(2-4-7)9-8(5-11)12-9/h1-4,8-9,11H,5H2/t8-,9-/m1/s1. The third kappa shape index (κ3) is 1.46. The average Bonchev–Trinajstić information content (AvgIpc) is 2.85. The van der Waals surface area contributed by atoms with E-state index in [1.807, 2.05) is 24.3 Å². The van der Waals surface area contributed by atoms with Crippen LogP contribution in [-0.4, -0.2) is 17.8 Å². The molecule has 1 N–H and O–H groups in total. The van der Waals surface area contributed by atoms with Crippen molar-refractivity contribution < 1.29 is 9.84 Å². The molecule has 2 nitrogen and oxygen atoms in total. The van der Waals surface area contributed by atoms with Crippen molar-refractivity contribution in [2.45, 2.75) is 12.2 Å². The van der Waals surface area contributed by atoms with Gasteiger partial charge in [-0.05, 0) is 17.7 Å². The Kier molecular flexibility index (Phi) is 2.05. The van der Waals surface area contributed by atoms with Gasteiger partial charge in [0, 0.05) is 5.02 Å². The molecule has 64 valence electrons. The second kappa shape index (κ2) is 3.05. The molecule has 0 amide bonds. The number of rotatable bonds is 2. The Labute approximate surface area is 75.7 Å². The fourth-order valence-corrected chi connectivity index (χ4v) is 1.35. The molecule has 2 rings (SSSR count). The Morgan fingerprint density at radius 2 is 2.00 bits per heavy atom. The Morgan fingerprint density at radius 3 is 2.50 bits per heavy atom. The number of hydrogen-bond donors (Lipinski definition) is 1. The molecule has 1 aromatic rings. The van der Waals surface area contributed by atoms with E-state index in [2.05, 4.69) is 0 Å². The Balaban J connectivity index is 2.10. The molecule has 1 heterocycles. The van der Waals surface area contributed by atoms with Gasteiger partial charge in [0.25, 0.3) is 0 Å². The molecule has 0 aliphatic carbocycles. The SMILES string of the molecule is OC[C@H]1O[C@@H]1c1ccc(Cl)cc1. The summed E-state index contributed by atoms with van der Waals surface area (Å²) >= 11 is 5.72. The number of epoxide rings is 1. The minimum absolute atomic E-state index is 0.00817. The lowest BCUT2D eigenvalue weighted by Gasteiger charge is -1.94. The number of halogens is 1. The van der Waals surface area contributed by atoms with Crippen LogP contribution in [0, 0.1) is 0 Å². The van der Waals surface area contributed by atoms with Gasteiger partial charge in [0.2, 0.25) is 0 Å². The zero-order valence-corrected chi connectivity index (χ0v) is 7.16. The topological polar surface area (TPSA) is 32.8 Å². The van der Waals surface area contributed by atoms with E-state index >= 15 is 0 Å². The number of ether oxygens (including phenoxy) is 1. The van der Waals surface area contributed by atoms with Crippen molar-refractivity contribution in [1.82, 2.24) is 0 Å². The molecule has 0 bridgehead atoms. The van der Waals surface area contributed by atoms with Crippen LogP contribution in [0.5, 0.6) is 0 Å². The van der Waals surface area contributed by atoms with Gasteiger partial charge in [-0.1, -0.05) is 23.7 Å². The summed E-state index contributed by atoms with van der Waals surface area (Å²) in [6.45, 7) is 0.0906. The molecule has 0 unspecified atom stereocenters. The van der Waals surface area contributed by atoms with E-state index in [0.29, 0.717) is 0 Å². The van der Waals surface area contributed by atoms with E-state index in [4.69, 9.17) is 21.4 Å². The monoisotopic (exact) mass is 184 g/mol. The summed E-state index contributed by atoms with van der Waals surface area (Å²) < 4.78 is 5.20. The van der Waals surface area contributed by atoms with E-state index in [9.17, 15) is 0 Å². The number of aliphatic hydroxyl groups excluding tert-OH is 1. The Morgan fingerprint density at radius 1 is 1.33 bits per heavy atom. The minimum Gasteiger partial charge on any atom is -0.394 e. The molecule has 3 heteroatoms. The maximum atomic E-state index is 8.74. The van der Waals surface area contributed by atoms with Crippen LogP contribution in [0.4, 0.5) is 0 Å². The first-order valence-corrected chi connectivity index (χ1v) is 4.21. The second-order valence-electron chi connectivity index (χ2n) is 2.83. The van der Waals surface area contributed by atoms with Crippen molar-refractivity contribution in [2.75, 3.05) is 6.61 Å². The van der Waals surface area contributed by atoms with Gasteiger partial charge in [0.15, 0.2) is 0 Å². The highest BCUT2D eigenvalue weighted by Gasteiger charge is 2.39. The van der Waals surface area contributed by atoms with Crippen molar-refractivity contribution in [3.05, 3.63) is 34.9 Å². The van der Waals surface area contributed by atoms with Gasteiger partial charge < -0.3 is 9.84 Å². The van der Waals surface area contributed by atoms with Gasteiger partial charge in [0.1, 0.15) is 12.2 Å². The third-order valence-electron chi connectivity index (χ3n) is 1.96. The molecule has 0 aromatic heterocycles. The second-order valence-corrected chi connectivity index (χ2v) is 3.27. The van der Waals surface area contributed by atoms with Crippen LogP contribution in [0.2, 0.25) is 5.02 Å². The van der Waals surface area contributed by atoms with E-state index in [-0.39, 0.29) is 18.8 Å². The predicted octanol–water partition coefficient (Wildman–Crippen LogP) is 1.77. The normalized spacial score (nSPS) is 27.2. The lowest BCUT2D eigenvalue weighted by Crippen LogP contribution is -1.93. The van der Waals surface area contributed by atoms with Crippen LogP contribution in [0.3, 0.4) is 0 Å². The highest BCUT2D eigenvalue weighted by Crippen LogP contribution is 2.38. The number of benzene rings is 1. The smallest absolute Gasteiger partial charge is 0.112 e. The minimum atomic E-state index is -0.00817. The first-order valence-electron chi connectivity index (χ1n) is 3.83. The van der Waals surface area contributed by atoms with Crippen LogP contribution in [0.15, 0.2) is 24.3 Å². The highest BCUT2D eigenvalue weighted by atomic mass is 35.5. The third-order valence-corrected chi connectivity index (χ3v) is 2.21. The van der Waals surface area contributed by atoms with E-state index < -0.39 is 0 Å². The zero-order valence-electron chi connectivity index (χ0n) is 6.40. The van der Waals surface area contributed by atoms with Gasteiger partial charge in [-0.25, -0.2) is 0 Å². The van der Waals surface area contributed by atoms with Gasteiger partial charge >= 0.3 is 0 Å². The number of hydrogen-bond acceptors (Lipinski definition) is 2. The quantitative estimate of drug-likeness (QED) is 0.711. The molecule has 12 heavy (non-hydrogen) atoms. The largest absolute Gasteiger partial charge is 0.394 e. The summed E-state index contributed by atoms with van der Waals surface area (Å²) in [5.41, 5.74) is 1.08. The number of aliphatic hydroxyl groups is 1. The van der Waals surface area contributed by atoms with Crippen LogP contribution in [-0.2, 0) is 4.74 Å². The van der Waals surface area contributed by atoms with Crippen molar-refractivity contribution in [1.29, 1.82) is 0 Å². The summed E-state index contributed by atoms with van der Waals surface area (Å²) in [5.74, 6) is 0. The fraction of sp³-hybridized carbons (Fsp3) is 0.333. The van der Waals surface area contributed by atoms with Crippen molar-refractivity contribution in [3.8, 4) is 0 Å².